The Balaban J connectivity index is 1.64. The summed E-state index contributed by atoms with van der Waals surface area (Å²) < 4.78 is 1.79. The highest BCUT2D eigenvalue weighted by Crippen LogP contribution is 2.12. The van der Waals surface area contributed by atoms with Gasteiger partial charge in [-0.2, -0.15) is 0 Å². The number of thiophene rings is 1. The van der Waals surface area contributed by atoms with E-state index in [2.05, 4.69) is 15.3 Å². The van der Waals surface area contributed by atoms with Gasteiger partial charge in [-0.3, -0.25) is 9.36 Å². The summed E-state index contributed by atoms with van der Waals surface area (Å²) in [5, 5.41) is 4.74. The molecule has 5 nitrogen and oxygen atoms in total. The lowest BCUT2D eigenvalue weighted by atomic mass is 10.3. The van der Waals surface area contributed by atoms with E-state index in [1.54, 1.807) is 46.8 Å². The quantitative estimate of drug-likeness (QED) is 0.753. The molecule has 3 aromatic heterocycles. The Bertz CT molecular complexity index is 731. The summed E-state index contributed by atoms with van der Waals surface area (Å²) >= 11 is 1.58. The number of nitrogens with one attached hydrogen (secondary N) is 1. The summed E-state index contributed by atoms with van der Waals surface area (Å²) in [6.07, 6.45) is 10.1. The number of anilines is 1. The van der Waals surface area contributed by atoms with Gasteiger partial charge in [0, 0.05) is 23.3 Å². The van der Waals surface area contributed by atoms with Crippen LogP contribution in [-0.2, 0) is 4.79 Å². The molecule has 0 spiro atoms. The summed E-state index contributed by atoms with van der Waals surface area (Å²) in [6, 6.07) is 7.52. The second kappa shape index (κ2) is 6.15. The van der Waals surface area contributed by atoms with Crippen molar-refractivity contribution in [2.24, 2.45) is 0 Å². The predicted octanol–water partition coefficient (Wildman–Crippen LogP) is 2.98. The van der Waals surface area contributed by atoms with Gasteiger partial charge in [-0.1, -0.05) is 6.07 Å². The summed E-state index contributed by atoms with van der Waals surface area (Å²) in [5.74, 6) is 0.570. The average molecular weight is 296 g/mol. The number of imidazole rings is 1. The Morgan fingerprint density at radius 2 is 2.29 bits per heavy atom. The van der Waals surface area contributed by atoms with Crippen LogP contribution in [0.4, 0.5) is 5.69 Å². The van der Waals surface area contributed by atoms with Gasteiger partial charge in [0.15, 0.2) is 0 Å². The molecule has 21 heavy (non-hydrogen) atoms. The molecule has 0 atom stereocenters. The van der Waals surface area contributed by atoms with E-state index in [4.69, 9.17) is 0 Å². The molecule has 104 valence electrons. The van der Waals surface area contributed by atoms with Crippen LogP contribution >= 0.6 is 11.3 Å². The fraction of sp³-hybridized carbons (Fsp3) is 0. The van der Waals surface area contributed by atoms with Crippen molar-refractivity contribution in [3.63, 3.8) is 0 Å². The lowest BCUT2D eigenvalue weighted by Gasteiger charge is -2.04. The topological polar surface area (TPSA) is 59.8 Å². The van der Waals surface area contributed by atoms with Crippen molar-refractivity contribution in [3.8, 4) is 5.82 Å². The van der Waals surface area contributed by atoms with Gasteiger partial charge in [0.25, 0.3) is 0 Å². The fourth-order valence-corrected chi connectivity index (χ4v) is 2.35. The van der Waals surface area contributed by atoms with Gasteiger partial charge in [-0.25, -0.2) is 9.97 Å². The number of rotatable bonds is 4. The van der Waals surface area contributed by atoms with E-state index < -0.39 is 0 Å². The van der Waals surface area contributed by atoms with Crippen molar-refractivity contribution < 1.29 is 4.79 Å². The second-order valence-corrected chi connectivity index (χ2v) is 5.19. The van der Waals surface area contributed by atoms with Crippen molar-refractivity contribution in [2.75, 3.05) is 5.32 Å². The van der Waals surface area contributed by atoms with E-state index in [0.717, 1.165) is 10.7 Å². The number of pyridine rings is 1. The standard InChI is InChI=1S/C15H12N4OS/c20-15(6-4-13-2-1-9-21-13)18-12-3-5-14(17-10-12)19-8-7-16-11-19/h1-11H,(H,18,20)/b6-4+. The van der Waals surface area contributed by atoms with Crippen molar-refractivity contribution in [1.29, 1.82) is 0 Å². The molecular formula is C15H12N4OS. The highest BCUT2D eigenvalue weighted by atomic mass is 32.1. The molecule has 0 aromatic carbocycles. The zero-order chi connectivity index (χ0) is 14.5. The average Bonchev–Trinajstić information content (AvgIpc) is 3.19. The first-order valence-corrected chi connectivity index (χ1v) is 7.16. The van der Waals surface area contributed by atoms with E-state index in [1.807, 2.05) is 29.8 Å². The lowest BCUT2D eigenvalue weighted by Crippen LogP contribution is -2.08. The normalized spacial score (nSPS) is 10.9. The molecule has 0 radical (unpaired) electrons. The Kier molecular flexibility index (Phi) is 3.88. The number of hydrogen-bond donors (Lipinski definition) is 1. The lowest BCUT2D eigenvalue weighted by molar-refractivity contribution is -0.111. The first kappa shape index (κ1) is 13.3. The monoisotopic (exact) mass is 296 g/mol. The molecule has 0 saturated heterocycles. The summed E-state index contributed by atoms with van der Waals surface area (Å²) in [4.78, 5) is 21.1. The minimum atomic E-state index is -0.180. The van der Waals surface area contributed by atoms with Gasteiger partial charge < -0.3 is 5.32 Å². The number of carbonyl (C=O) groups is 1. The zero-order valence-electron chi connectivity index (χ0n) is 11.0. The van der Waals surface area contributed by atoms with Crippen LogP contribution in [0.15, 0.2) is 60.6 Å². The first-order chi connectivity index (χ1) is 10.3. The van der Waals surface area contributed by atoms with Crippen LogP contribution in [0, 0.1) is 0 Å². The largest absolute Gasteiger partial charge is 0.321 e. The Morgan fingerprint density at radius 3 is 2.95 bits per heavy atom. The van der Waals surface area contributed by atoms with Crippen molar-refractivity contribution >= 4 is 29.0 Å². The van der Waals surface area contributed by atoms with Crippen LogP contribution in [0.1, 0.15) is 4.88 Å². The van der Waals surface area contributed by atoms with Gasteiger partial charge >= 0.3 is 0 Å². The molecule has 1 amide bonds. The maximum absolute atomic E-state index is 11.8. The van der Waals surface area contributed by atoms with Gasteiger partial charge in [-0.05, 0) is 29.7 Å². The van der Waals surface area contributed by atoms with E-state index >= 15 is 0 Å². The highest BCUT2D eigenvalue weighted by molar-refractivity contribution is 7.10. The van der Waals surface area contributed by atoms with Crippen LogP contribution < -0.4 is 5.32 Å². The molecule has 0 aliphatic rings. The third-order valence-electron chi connectivity index (χ3n) is 2.73. The molecule has 0 bridgehead atoms. The fourth-order valence-electron chi connectivity index (χ4n) is 1.74. The number of hydrogen-bond acceptors (Lipinski definition) is 4. The molecule has 0 aliphatic heterocycles. The van der Waals surface area contributed by atoms with Crippen LogP contribution in [0.3, 0.4) is 0 Å². The molecule has 0 unspecified atom stereocenters. The molecule has 0 saturated carbocycles. The van der Waals surface area contributed by atoms with Crippen LogP contribution in [-0.4, -0.2) is 20.4 Å². The summed E-state index contributed by atoms with van der Waals surface area (Å²) in [7, 11) is 0. The third-order valence-corrected chi connectivity index (χ3v) is 3.56. The van der Waals surface area contributed by atoms with Gasteiger partial charge in [0.05, 0.1) is 11.9 Å². The number of carbonyl (C=O) groups excluding carboxylic acids is 1. The van der Waals surface area contributed by atoms with Crippen LogP contribution in [0.5, 0.6) is 0 Å². The maximum atomic E-state index is 11.8. The molecule has 0 fully saturated rings. The van der Waals surface area contributed by atoms with Crippen molar-refractivity contribution in [2.45, 2.75) is 0 Å². The zero-order valence-corrected chi connectivity index (χ0v) is 11.8. The molecule has 0 aliphatic carbocycles. The Hall–Kier alpha value is -2.73. The smallest absolute Gasteiger partial charge is 0.248 e. The maximum Gasteiger partial charge on any atom is 0.248 e. The number of amides is 1. The van der Waals surface area contributed by atoms with Crippen molar-refractivity contribution in [3.05, 3.63) is 65.5 Å². The minimum Gasteiger partial charge on any atom is -0.321 e. The van der Waals surface area contributed by atoms with Gasteiger partial charge in [0.2, 0.25) is 5.91 Å². The highest BCUT2D eigenvalue weighted by Gasteiger charge is 2.00. The molecule has 1 N–H and O–H groups in total. The molecule has 3 aromatic rings. The number of aromatic nitrogens is 3. The Labute approximate surface area is 125 Å². The molecule has 6 heteroatoms. The molecule has 3 heterocycles. The van der Waals surface area contributed by atoms with Crippen LogP contribution in [0.25, 0.3) is 11.9 Å². The first-order valence-electron chi connectivity index (χ1n) is 6.28. The summed E-state index contributed by atoms with van der Waals surface area (Å²) in [5.41, 5.74) is 0.652. The number of nitrogens with zero attached hydrogens (tertiary/aromatic N) is 3. The van der Waals surface area contributed by atoms with E-state index in [-0.39, 0.29) is 5.91 Å². The predicted molar refractivity (Wildman–Crippen MR) is 83.3 cm³/mol. The van der Waals surface area contributed by atoms with E-state index in [9.17, 15) is 4.79 Å². The second-order valence-electron chi connectivity index (χ2n) is 4.21. The van der Waals surface area contributed by atoms with Gasteiger partial charge in [-0.15, -0.1) is 11.3 Å². The van der Waals surface area contributed by atoms with E-state index in [0.29, 0.717) is 5.69 Å². The molecule has 3 rings (SSSR count). The SMILES string of the molecule is O=C(/C=C/c1cccs1)Nc1ccc(-n2ccnc2)nc1. The van der Waals surface area contributed by atoms with Crippen molar-refractivity contribution in [1.82, 2.24) is 14.5 Å². The van der Waals surface area contributed by atoms with Gasteiger partial charge in [0.1, 0.15) is 12.1 Å². The summed E-state index contributed by atoms with van der Waals surface area (Å²) in [6.45, 7) is 0. The van der Waals surface area contributed by atoms with E-state index in [1.165, 1.54) is 6.08 Å². The Morgan fingerprint density at radius 1 is 1.33 bits per heavy atom. The van der Waals surface area contributed by atoms with Crippen LogP contribution in [0.2, 0.25) is 0 Å². The minimum absolute atomic E-state index is 0.180. The molecular weight excluding hydrogens is 284 g/mol. The third kappa shape index (κ3) is 3.43.